The van der Waals surface area contributed by atoms with Gasteiger partial charge in [-0.3, -0.25) is 9.59 Å². The highest BCUT2D eigenvalue weighted by Crippen LogP contribution is 2.31. The molecule has 2 aromatic carbocycles. The van der Waals surface area contributed by atoms with Crippen LogP contribution in [0, 0.1) is 0 Å². The van der Waals surface area contributed by atoms with Gasteiger partial charge in [-0.25, -0.2) is 12.7 Å². The fraction of sp³-hybridized carbons (Fsp3) is 0.125. The number of amides is 2. The Balaban J connectivity index is 1.88. The van der Waals surface area contributed by atoms with Gasteiger partial charge in [-0.15, -0.1) is 0 Å². The molecular formula is C16H11Cl3N2O4S. The average molecular weight is 434 g/mol. The van der Waals surface area contributed by atoms with Gasteiger partial charge in [-0.05, 0) is 36.4 Å². The van der Waals surface area contributed by atoms with Gasteiger partial charge in [0, 0.05) is 11.4 Å². The van der Waals surface area contributed by atoms with Gasteiger partial charge in [0.05, 0.1) is 32.7 Å². The lowest BCUT2D eigenvalue weighted by Gasteiger charge is -2.16. The van der Waals surface area contributed by atoms with E-state index in [1.807, 2.05) is 0 Å². The number of sulfonamides is 1. The first-order chi connectivity index (χ1) is 12.2. The Morgan fingerprint density at radius 1 is 1.04 bits per heavy atom. The topological polar surface area (TPSA) is 83.6 Å². The van der Waals surface area contributed by atoms with Crippen molar-refractivity contribution in [1.29, 1.82) is 0 Å². The summed E-state index contributed by atoms with van der Waals surface area (Å²) in [6, 6.07) is 8.55. The first-order valence-corrected chi connectivity index (χ1v) is 10.0. The molecule has 1 heterocycles. The Bertz CT molecular complexity index is 1020. The van der Waals surface area contributed by atoms with Crippen molar-refractivity contribution < 1.29 is 18.0 Å². The zero-order valence-corrected chi connectivity index (χ0v) is 16.1. The summed E-state index contributed by atoms with van der Waals surface area (Å²) in [6.45, 7) is 0. The lowest BCUT2D eigenvalue weighted by atomic mass is 10.1. The molecule has 0 saturated carbocycles. The Morgan fingerprint density at radius 3 is 2.35 bits per heavy atom. The van der Waals surface area contributed by atoms with Crippen LogP contribution in [0.1, 0.15) is 16.8 Å². The van der Waals surface area contributed by atoms with Crippen molar-refractivity contribution in [2.24, 2.45) is 0 Å². The molecule has 1 saturated heterocycles. The van der Waals surface area contributed by atoms with Crippen molar-refractivity contribution in [3.8, 4) is 0 Å². The number of benzene rings is 2. The van der Waals surface area contributed by atoms with E-state index >= 15 is 0 Å². The second-order valence-electron chi connectivity index (χ2n) is 5.47. The number of rotatable bonds is 3. The highest BCUT2D eigenvalue weighted by molar-refractivity contribution is 7.94. The lowest BCUT2D eigenvalue weighted by molar-refractivity contribution is -0.116. The highest BCUT2D eigenvalue weighted by Gasteiger charge is 2.36. The van der Waals surface area contributed by atoms with Gasteiger partial charge in [-0.1, -0.05) is 34.8 Å². The van der Waals surface area contributed by atoms with Gasteiger partial charge in [-0.2, -0.15) is 0 Å². The number of hydrogen-bond acceptors (Lipinski definition) is 4. The van der Waals surface area contributed by atoms with E-state index in [4.69, 9.17) is 34.8 Å². The van der Waals surface area contributed by atoms with E-state index in [9.17, 15) is 18.0 Å². The summed E-state index contributed by atoms with van der Waals surface area (Å²) >= 11 is 18.0. The van der Waals surface area contributed by atoms with Crippen molar-refractivity contribution in [2.45, 2.75) is 6.42 Å². The van der Waals surface area contributed by atoms with E-state index in [-0.39, 0.29) is 33.5 Å². The van der Waals surface area contributed by atoms with Gasteiger partial charge in [0.15, 0.2) is 0 Å². The molecule has 0 radical (unpaired) electrons. The van der Waals surface area contributed by atoms with Crippen molar-refractivity contribution in [3.05, 3.63) is 57.0 Å². The van der Waals surface area contributed by atoms with Crippen LogP contribution in [0.2, 0.25) is 15.1 Å². The lowest BCUT2D eigenvalue weighted by Crippen LogP contribution is -2.29. The van der Waals surface area contributed by atoms with E-state index in [0.29, 0.717) is 15.0 Å². The number of carbonyl (C=O) groups excluding carboxylic acids is 2. The molecular weight excluding hydrogens is 423 g/mol. The zero-order valence-electron chi connectivity index (χ0n) is 13.0. The standard InChI is InChI=1S/C16H11Cl3N2O4S/c17-9-1-4-14(13(19)7-9)20-16(23)11-3-2-10(8-12(11)18)21-15(22)5-6-26(21,24)25/h1-4,7-8H,5-6H2,(H,20,23). The Labute approximate surface area is 164 Å². The quantitative estimate of drug-likeness (QED) is 0.794. The third-order valence-corrected chi connectivity index (χ3v) is 6.24. The summed E-state index contributed by atoms with van der Waals surface area (Å²) in [5.74, 6) is -1.33. The minimum absolute atomic E-state index is 0.0000130. The maximum Gasteiger partial charge on any atom is 0.257 e. The summed E-state index contributed by atoms with van der Waals surface area (Å²) in [7, 11) is -3.70. The van der Waals surface area contributed by atoms with Crippen LogP contribution in [-0.2, 0) is 14.8 Å². The molecule has 2 aromatic rings. The van der Waals surface area contributed by atoms with Crippen molar-refractivity contribution in [3.63, 3.8) is 0 Å². The molecule has 2 amide bonds. The van der Waals surface area contributed by atoms with Crippen LogP contribution in [0.25, 0.3) is 0 Å². The fourth-order valence-corrected chi connectivity index (χ4v) is 4.63. The van der Waals surface area contributed by atoms with Gasteiger partial charge < -0.3 is 5.32 Å². The first-order valence-electron chi connectivity index (χ1n) is 7.31. The molecule has 1 aliphatic heterocycles. The fourth-order valence-electron chi connectivity index (χ4n) is 2.46. The maximum absolute atomic E-state index is 12.4. The van der Waals surface area contributed by atoms with Gasteiger partial charge in [0.1, 0.15) is 0 Å². The number of anilines is 2. The molecule has 26 heavy (non-hydrogen) atoms. The normalized spacial score (nSPS) is 16.0. The van der Waals surface area contributed by atoms with Crippen LogP contribution >= 0.6 is 34.8 Å². The summed E-state index contributed by atoms with van der Waals surface area (Å²) < 4.78 is 24.6. The monoisotopic (exact) mass is 432 g/mol. The number of carbonyl (C=O) groups is 2. The molecule has 136 valence electrons. The van der Waals surface area contributed by atoms with Crippen molar-refractivity contribution in [2.75, 3.05) is 15.4 Å². The van der Waals surface area contributed by atoms with Gasteiger partial charge in [0.25, 0.3) is 5.91 Å². The molecule has 0 aliphatic carbocycles. The second-order valence-corrected chi connectivity index (χ2v) is 8.65. The predicted molar refractivity (Wildman–Crippen MR) is 102 cm³/mol. The Morgan fingerprint density at radius 2 is 1.77 bits per heavy atom. The SMILES string of the molecule is O=C(Nc1ccc(Cl)cc1Cl)c1ccc(N2C(=O)CCS2(=O)=O)cc1Cl. The summed E-state index contributed by atoms with van der Waals surface area (Å²) in [5, 5.41) is 3.28. The number of hydrogen-bond donors (Lipinski definition) is 1. The molecule has 1 aliphatic rings. The minimum atomic E-state index is -3.70. The van der Waals surface area contributed by atoms with Crippen LogP contribution in [0.4, 0.5) is 11.4 Å². The number of halogens is 3. The molecule has 3 rings (SSSR count). The Hall–Kier alpha value is -1.80. The third-order valence-electron chi connectivity index (χ3n) is 3.69. The minimum Gasteiger partial charge on any atom is -0.321 e. The number of nitrogens with one attached hydrogen (secondary N) is 1. The van der Waals surface area contributed by atoms with E-state index in [1.165, 1.54) is 24.3 Å². The predicted octanol–water partition coefficient (Wildman–Crippen LogP) is 3.97. The summed E-state index contributed by atoms with van der Waals surface area (Å²) in [4.78, 5) is 24.2. The van der Waals surface area contributed by atoms with Gasteiger partial charge in [0.2, 0.25) is 15.9 Å². The van der Waals surface area contributed by atoms with Crippen molar-refractivity contribution in [1.82, 2.24) is 0 Å². The smallest absolute Gasteiger partial charge is 0.257 e. The van der Waals surface area contributed by atoms with Crippen molar-refractivity contribution >= 4 is 68.0 Å². The van der Waals surface area contributed by atoms with E-state index in [1.54, 1.807) is 12.1 Å². The molecule has 1 N–H and O–H groups in total. The largest absolute Gasteiger partial charge is 0.321 e. The maximum atomic E-state index is 12.4. The van der Waals surface area contributed by atoms with Crippen LogP contribution in [0.5, 0.6) is 0 Å². The molecule has 0 aromatic heterocycles. The van der Waals surface area contributed by atoms with Gasteiger partial charge >= 0.3 is 0 Å². The molecule has 1 fully saturated rings. The molecule has 0 bridgehead atoms. The first kappa shape index (κ1) is 19.0. The molecule has 10 heteroatoms. The van der Waals surface area contributed by atoms with Crippen LogP contribution < -0.4 is 9.62 Å². The molecule has 6 nitrogen and oxygen atoms in total. The zero-order chi connectivity index (χ0) is 19.1. The highest BCUT2D eigenvalue weighted by atomic mass is 35.5. The van der Waals surface area contributed by atoms with E-state index in [2.05, 4.69) is 5.32 Å². The number of nitrogens with zero attached hydrogens (tertiary/aromatic N) is 1. The summed E-state index contributed by atoms with van der Waals surface area (Å²) in [5.41, 5.74) is 0.544. The van der Waals surface area contributed by atoms with Crippen LogP contribution in [0.3, 0.4) is 0 Å². The average Bonchev–Trinajstić information content (AvgIpc) is 2.83. The summed E-state index contributed by atoms with van der Waals surface area (Å²) in [6.07, 6.45) is -0.0861. The molecule has 0 atom stereocenters. The van der Waals surface area contributed by atoms with Crippen LogP contribution in [0.15, 0.2) is 36.4 Å². The van der Waals surface area contributed by atoms with Crippen LogP contribution in [-0.4, -0.2) is 26.0 Å². The molecule has 0 unspecified atom stereocenters. The van der Waals surface area contributed by atoms with E-state index < -0.39 is 21.8 Å². The second kappa shape index (κ2) is 7.08. The Kier molecular flexibility index (Phi) is 5.16. The van der Waals surface area contributed by atoms with E-state index in [0.717, 1.165) is 0 Å². The molecule has 0 spiro atoms. The third kappa shape index (κ3) is 3.66.